The lowest BCUT2D eigenvalue weighted by Crippen LogP contribution is -2.17. The molecule has 0 aliphatic carbocycles. The number of amides is 1. The fourth-order valence-electron chi connectivity index (χ4n) is 2.72. The molecule has 1 N–H and O–H groups in total. The van der Waals surface area contributed by atoms with Gasteiger partial charge in [0.1, 0.15) is 0 Å². The van der Waals surface area contributed by atoms with E-state index in [0.717, 1.165) is 11.8 Å². The molecule has 2 heterocycles. The number of aromatic nitrogens is 3. The third kappa shape index (κ3) is 4.61. The molecule has 0 unspecified atom stereocenters. The molecule has 0 saturated carbocycles. The minimum absolute atomic E-state index is 0.0581. The molecule has 0 radical (unpaired) electrons. The summed E-state index contributed by atoms with van der Waals surface area (Å²) >= 11 is 1.12. The number of nitrogens with one attached hydrogen (secondary N) is 1. The highest BCUT2D eigenvalue weighted by atomic mass is 32.2. The molecule has 8 heteroatoms. The first-order valence-electron chi connectivity index (χ1n) is 9.06. The number of nitrogens with zero attached hydrogens (tertiary/aromatic N) is 3. The normalized spacial score (nSPS) is 10.5. The van der Waals surface area contributed by atoms with E-state index in [1.807, 2.05) is 12.1 Å². The molecule has 0 aliphatic heterocycles. The zero-order chi connectivity index (χ0) is 20.8. The number of ketones is 1. The standard InChI is InChI=1S/C22H16N4O3S/c27-19(14-30-22-26-25-21(29-22)16-9-6-12-23-13-16)24-18-11-5-4-10-17(18)20(28)15-7-2-1-3-8-15/h1-13H,14H2,(H,24,27). The van der Waals surface area contributed by atoms with E-state index >= 15 is 0 Å². The summed E-state index contributed by atoms with van der Waals surface area (Å²) < 4.78 is 5.56. The molecule has 0 atom stereocenters. The van der Waals surface area contributed by atoms with Crippen LogP contribution in [0.25, 0.3) is 11.5 Å². The highest BCUT2D eigenvalue weighted by molar-refractivity contribution is 7.99. The van der Waals surface area contributed by atoms with Gasteiger partial charge in [0, 0.05) is 23.5 Å². The number of thioether (sulfide) groups is 1. The van der Waals surface area contributed by atoms with Crippen molar-refractivity contribution >= 4 is 29.1 Å². The number of carbonyl (C=O) groups excluding carboxylic acids is 2. The first-order valence-corrected chi connectivity index (χ1v) is 10.0. The van der Waals surface area contributed by atoms with Crippen LogP contribution in [-0.4, -0.2) is 32.6 Å². The molecule has 2 aromatic heterocycles. The smallest absolute Gasteiger partial charge is 0.277 e. The van der Waals surface area contributed by atoms with Gasteiger partial charge in [-0.3, -0.25) is 14.6 Å². The molecule has 0 bridgehead atoms. The average Bonchev–Trinajstić information content (AvgIpc) is 3.28. The van der Waals surface area contributed by atoms with Gasteiger partial charge in [-0.15, -0.1) is 10.2 Å². The maximum atomic E-state index is 12.8. The fourth-order valence-corrected chi connectivity index (χ4v) is 3.29. The number of hydrogen-bond acceptors (Lipinski definition) is 7. The number of hydrogen-bond donors (Lipinski definition) is 1. The van der Waals surface area contributed by atoms with Crippen LogP contribution in [0, 0.1) is 0 Å². The average molecular weight is 416 g/mol. The number of para-hydroxylation sites is 1. The van der Waals surface area contributed by atoms with Crippen molar-refractivity contribution in [1.29, 1.82) is 0 Å². The Hall–Kier alpha value is -3.78. The Labute approximate surface area is 176 Å². The van der Waals surface area contributed by atoms with E-state index in [1.54, 1.807) is 67.0 Å². The van der Waals surface area contributed by atoms with Gasteiger partial charge in [0.05, 0.1) is 17.0 Å². The van der Waals surface area contributed by atoms with Crippen molar-refractivity contribution in [2.45, 2.75) is 5.22 Å². The highest BCUT2D eigenvalue weighted by Gasteiger charge is 2.16. The van der Waals surface area contributed by atoms with Gasteiger partial charge in [-0.25, -0.2) is 0 Å². The van der Waals surface area contributed by atoms with Crippen LogP contribution < -0.4 is 5.32 Å². The van der Waals surface area contributed by atoms with Crippen LogP contribution in [0.3, 0.4) is 0 Å². The Balaban J connectivity index is 1.41. The monoisotopic (exact) mass is 416 g/mol. The fraction of sp³-hybridized carbons (Fsp3) is 0.0455. The molecule has 1 amide bonds. The van der Waals surface area contributed by atoms with Gasteiger partial charge in [0.2, 0.25) is 11.8 Å². The van der Waals surface area contributed by atoms with Crippen molar-refractivity contribution in [3.63, 3.8) is 0 Å². The Morgan fingerprint density at radius 1 is 0.933 bits per heavy atom. The van der Waals surface area contributed by atoms with Crippen LogP contribution >= 0.6 is 11.8 Å². The van der Waals surface area contributed by atoms with Crippen molar-refractivity contribution in [1.82, 2.24) is 15.2 Å². The summed E-state index contributed by atoms with van der Waals surface area (Å²) in [5, 5.41) is 11.0. The molecule has 4 aromatic rings. The van der Waals surface area contributed by atoms with Crippen LogP contribution in [0.4, 0.5) is 5.69 Å². The zero-order valence-electron chi connectivity index (χ0n) is 15.7. The molecule has 0 fully saturated rings. The third-order valence-electron chi connectivity index (χ3n) is 4.12. The molecule has 2 aromatic carbocycles. The number of carbonyl (C=O) groups is 2. The second-order valence-electron chi connectivity index (χ2n) is 6.19. The predicted molar refractivity (Wildman–Crippen MR) is 113 cm³/mol. The molecule has 4 rings (SSSR count). The molecule has 148 valence electrons. The second kappa shape index (κ2) is 9.15. The van der Waals surface area contributed by atoms with E-state index in [-0.39, 0.29) is 22.7 Å². The maximum absolute atomic E-state index is 12.8. The third-order valence-corrected chi connectivity index (χ3v) is 4.94. The van der Waals surface area contributed by atoms with E-state index in [4.69, 9.17) is 4.42 Å². The van der Waals surface area contributed by atoms with E-state index < -0.39 is 0 Å². The topological polar surface area (TPSA) is 98.0 Å². The zero-order valence-corrected chi connectivity index (χ0v) is 16.5. The van der Waals surface area contributed by atoms with Crippen molar-refractivity contribution in [3.8, 4) is 11.5 Å². The minimum atomic E-state index is -0.283. The van der Waals surface area contributed by atoms with Crippen molar-refractivity contribution in [2.75, 3.05) is 11.1 Å². The molecular formula is C22H16N4O3S. The number of benzene rings is 2. The molecule has 7 nitrogen and oxygen atoms in total. The summed E-state index contributed by atoms with van der Waals surface area (Å²) in [6.45, 7) is 0. The first kappa shape index (κ1) is 19.5. The quantitative estimate of drug-likeness (QED) is 0.358. The summed E-state index contributed by atoms with van der Waals surface area (Å²) in [6, 6.07) is 19.4. The molecular weight excluding hydrogens is 400 g/mol. The van der Waals surface area contributed by atoms with Gasteiger partial charge in [-0.05, 0) is 24.3 Å². The van der Waals surface area contributed by atoms with Crippen molar-refractivity contribution in [3.05, 3.63) is 90.3 Å². The molecule has 0 aliphatic rings. The van der Waals surface area contributed by atoms with E-state index in [9.17, 15) is 9.59 Å². The van der Waals surface area contributed by atoms with E-state index in [0.29, 0.717) is 28.3 Å². The molecule has 0 saturated heterocycles. The number of pyridine rings is 1. The Bertz CT molecular complexity index is 1160. The summed E-state index contributed by atoms with van der Waals surface area (Å²) in [4.78, 5) is 29.2. The van der Waals surface area contributed by atoms with Crippen LogP contribution in [-0.2, 0) is 4.79 Å². The summed E-state index contributed by atoms with van der Waals surface area (Å²) in [6.07, 6.45) is 3.27. The van der Waals surface area contributed by atoms with Crippen molar-refractivity contribution in [2.24, 2.45) is 0 Å². The Morgan fingerprint density at radius 3 is 2.53 bits per heavy atom. The van der Waals surface area contributed by atoms with E-state index in [2.05, 4.69) is 20.5 Å². The van der Waals surface area contributed by atoms with E-state index in [1.165, 1.54) is 0 Å². The largest absolute Gasteiger partial charge is 0.411 e. The first-order chi connectivity index (χ1) is 14.7. The molecule has 30 heavy (non-hydrogen) atoms. The van der Waals surface area contributed by atoms with Gasteiger partial charge in [0.15, 0.2) is 5.78 Å². The lowest BCUT2D eigenvalue weighted by atomic mass is 10.0. The number of anilines is 1. The minimum Gasteiger partial charge on any atom is -0.411 e. The van der Waals surface area contributed by atoms with Crippen LogP contribution in [0.15, 0.2) is 88.8 Å². The van der Waals surface area contributed by atoms with Gasteiger partial charge in [0.25, 0.3) is 5.22 Å². The lowest BCUT2D eigenvalue weighted by molar-refractivity contribution is -0.113. The summed E-state index contributed by atoms with van der Waals surface area (Å²) in [5.41, 5.74) is 2.15. The number of rotatable bonds is 7. The van der Waals surface area contributed by atoms with Gasteiger partial charge in [-0.1, -0.05) is 54.2 Å². The summed E-state index contributed by atoms with van der Waals surface area (Å²) in [7, 11) is 0. The summed E-state index contributed by atoms with van der Waals surface area (Å²) in [5.74, 6) is -0.0425. The Kier molecular flexibility index (Phi) is 5.95. The van der Waals surface area contributed by atoms with Gasteiger partial charge < -0.3 is 9.73 Å². The van der Waals surface area contributed by atoms with Gasteiger partial charge in [-0.2, -0.15) is 0 Å². The molecule has 0 spiro atoms. The maximum Gasteiger partial charge on any atom is 0.277 e. The predicted octanol–water partition coefficient (Wildman–Crippen LogP) is 4.09. The lowest BCUT2D eigenvalue weighted by Gasteiger charge is -2.10. The van der Waals surface area contributed by atoms with Crippen molar-refractivity contribution < 1.29 is 14.0 Å². The van der Waals surface area contributed by atoms with Crippen LogP contribution in [0.2, 0.25) is 0 Å². The SMILES string of the molecule is O=C(CSc1nnc(-c2cccnc2)o1)Nc1ccccc1C(=O)c1ccccc1. The second-order valence-corrected chi connectivity index (χ2v) is 7.12. The highest BCUT2D eigenvalue weighted by Crippen LogP contribution is 2.23. The van der Waals surface area contributed by atoms with Crippen LogP contribution in [0.1, 0.15) is 15.9 Å². The van der Waals surface area contributed by atoms with Crippen LogP contribution in [0.5, 0.6) is 0 Å². The van der Waals surface area contributed by atoms with Gasteiger partial charge >= 0.3 is 0 Å². The Morgan fingerprint density at radius 2 is 1.73 bits per heavy atom.